The summed E-state index contributed by atoms with van der Waals surface area (Å²) in [5, 5.41) is 2.90. The fourth-order valence-corrected chi connectivity index (χ4v) is 1.93. The highest BCUT2D eigenvalue weighted by molar-refractivity contribution is 5.63. The van der Waals surface area contributed by atoms with Gasteiger partial charge in [0.2, 0.25) is 5.95 Å². The molecule has 100 valence electrons. The molecule has 0 saturated carbocycles. The Morgan fingerprint density at radius 1 is 1.32 bits per heavy atom. The molecule has 0 radical (unpaired) electrons. The van der Waals surface area contributed by atoms with Crippen LogP contribution in [0.2, 0.25) is 0 Å². The maximum Gasteiger partial charge on any atom is 0.224 e. The number of hydrogen-bond acceptors (Lipinski definition) is 4. The molecule has 0 fully saturated rings. The van der Waals surface area contributed by atoms with Gasteiger partial charge in [0.05, 0.1) is 5.69 Å². The van der Waals surface area contributed by atoms with Crippen molar-refractivity contribution in [2.45, 2.75) is 13.8 Å². The first-order valence-corrected chi connectivity index (χ1v) is 6.20. The number of benzene rings is 1. The third kappa shape index (κ3) is 2.65. The summed E-state index contributed by atoms with van der Waals surface area (Å²) in [5.41, 5.74) is 1.43. The minimum absolute atomic E-state index is 0.256. The number of anilines is 3. The zero-order chi connectivity index (χ0) is 13.8. The van der Waals surface area contributed by atoms with Gasteiger partial charge in [0.15, 0.2) is 0 Å². The van der Waals surface area contributed by atoms with E-state index in [-0.39, 0.29) is 5.82 Å². The van der Waals surface area contributed by atoms with Crippen LogP contribution in [0.3, 0.4) is 0 Å². The molecule has 0 amide bonds. The highest BCUT2D eigenvalue weighted by atomic mass is 19.1. The lowest BCUT2D eigenvalue weighted by Gasteiger charge is -2.24. The average molecular weight is 260 g/mol. The SMILES string of the molecule is CCN(c1ccccc1F)c1nc(NC)ncc1C. The first kappa shape index (κ1) is 13.3. The Labute approximate surface area is 112 Å². The highest BCUT2D eigenvalue weighted by Crippen LogP contribution is 2.28. The lowest BCUT2D eigenvalue weighted by atomic mass is 10.2. The van der Waals surface area contributed by atoms with E-state index in [4.69, 9.17) is 0 Å². The summed E-state index contributed by atoms with van der Waals surface area (Å²) < 4.78 is 13.9. The highest BCUT2D eigenvalue weighted by Gasteiger charge is 2.15. The van der Waals surface area contributed by atoms with Crippen LogP contribution in [-0.2, 0) is 0 Å². The number of nitrogens with zero attached hydrogens (tertiary/aromatic N) is 3. The molecule has 5 heteroatoms. The number of aromatic nitrogens is 2. The molecule has 0 aliphatic heterocycles. The Morgan fingerprint density at radius 2 is 2.05 bits per heavy atom. The van der Waals surface area contributed by atoms with Crippen molar-refractivity contribution >= 4 is 17.5 Å². The van der Waals surface area contributed by atoms with Crippen LogP contribution in [0, 0.1) is 12.7 Å². The topological polar surface area (TPSA) is 41.1 Å². The van der Waals surface area contributed by atoms with Gasteiger partial charge < -0.3 is 10.2 Å². The molecule has 0 bridgehead atoms. The predicted octanol–water partition coefficient (Wildman–Crippen LogP) is 3.12. The standard InChI is InChI=1S/C14H17FN4/c1-4-19(12-8-6-5-7-11(12)15)13-10(2)9-17-14(16-3)18-13/h5-9H,4H2,1-3H3,(H,16,17,18). The van der Waals surface area contributed by atoms with E-state index in [0.29, 0.717) is 24.0 Å². The molecule has 1 N–H and O–H groups in total. The van der Waals surface area contributed by atoms with E-state index in [1.807, 2.05) is 24.8 Å². The largest absolute Gasteiger partial charge is 0.357 e. The molecule has 0 spiro atoms. The second kappa shape index (κ2) is 5.65. The molecule has 0 aliphatic carbocycles. The molecule has 2 aromatic rings. The first-order valence-electron chi connectivity index (χ1n) is 6.20. The van der Waals surface area contributed by atoms with Gasteiger partial charge in [0.1, 0.15) is 11.6 Å². The van der Waals surface area contributed by atoms with Crippen LogP contribution < -0.4 is 10.2 Å². The molecule has 1 heterocycles. The molecular formula is C14H17FN4. The zero-order valence-corrected chi connectivity index (χ0v) is 11.3. The van der Waals surface area contributed by atoms with Gasteiger partial charge in [-0.15, -0.1) is 0 Å². The van der Waals surface area contributed by atoms with E-state index in [1.54, 1.807) is 25.4 Å². The second-order valence-corrected chi connectivity index (χ2v) is 4.15. The maximum absolute atomic E-state index is 13.9. The third-order valence-electron chi connectivity index (χ3n) is 2.88. The summed E-state index contributed by atoms with van der Waals surface area (Å²) in [6, 6.07) is 6.70. The number of hydrogen-bond donors (Lipinski definition) is 1. The number of aryl methyl sites for hydroxylation is 1. The van der Waals surface area contributed by atoms with Crippen molar-refractivity contribution in [1.29, 1.82) is 0 Å². The zero-order valence-electron chi connectivity index (χ0n) is 11.3. The van der Waals surface area contributed by atoms with Crippen molar-refractivity contribution in [2.24, 2.45) is 0 Å². The Balaban J connectivity index is 2.51. The minimum Gasteiger partial charge on any atom is -0.357 e. The molecule has 4 nitrogen and oxygen atoms in total. The molecule has 1 aromatic heterocycles. The average Bonchev–Trinajstić information content (AvgIpc) is 2.43. The molecule has 2 rings (SSSR count). The molecule has 0 unspecified atom stereocenters. The summed E-state index contributed by atoms with van der Waals surface area (Å²) in [7, 11) is 1.76. The Morgan fingerprint density at radius 3 is 2.68 bits per heavy atom. The maximum atomic E-state index is 13.9. The van der Waals surface area contributed by atoms with Gasteiger partial charge in [-0.05, 0) is 26.0 Å². The smallest absolute Gasteiger partial charge is 0.224 e. The van der Waals surface area contributed by atoms with Crippen LogP contribution in [0.5, 0.6) is 0 Å². The van der Waals surface area contributed by atoms with E-state index in [1.165, 1.54) is 6.07 Å². The molecule has 0 saturated heterocycles. The molecular weight excluding hydrogens is 243 g/mol. The monoisotopic (exact) mass is 260 g/mol. The summed E-state index contributed by atoms with van der Waals surface area (Å²) in [5.74, 6) is 0.982. The summed E-state index contributed by atoms with van der Waals surface area (Å²) in [4.78, 5) is 10.4. The Bertz CT molecular complexity index is 571. The predicted molar refractivity (Wildman–Crippen MR) is 75.4 cm³/mol. The van der Waals surface area contributed by atoms with Gasteiger partial charge >= 0.3 is 0 Å². The van der Waals surface area contributed by atoms with Crippen LogP contribution in [-0.4, -0.2) is 23.6 Å². The number of rotatable bonds is 4. The Hall–Kier alpha value is -2.17. The van der Waals surface area contributed by atoms with E-state index < -0.39 is 0 Å². The fourth-order valence-electron chi connectivity index (χ4n) is 1.93. The van der Waals surface area contributed by atoms with Crippen molar-refractivity contribution in [2.75, 3.05) is 23.8 Å². The van der Waals surface area contributed by atoms with Gasteiger partial charge in [0.25, 0.3) is 0 Å². The molecule has 19 heavy (non-hydrogen) atoms. The van der Waals surface area contributed by atoms with Gasteiger partial charge in [-0.1, -0.05) is 12.1 Å². The quantitative estimate of drug-likeness (QED) is 0.917. The van der Waals surface area contributed by atoms with E-state index in [2.05, 4.69) is 15.3 Å². The van der Waals surface area contributed by atoms with Gasteiger partial charge in [-0.2, -0.15) is 4.98 Å². The van der Waals surface area contributed by atoms with Gasteiger partial charge in [-0.25, -0.2) is 9.37 Å². The van der Waals surface area contributed by atoms with Crippen molar-refractivity contribution in [3.05, 3.63) is 41.8 Å². The minimum atomic E-state index is -0.256. The lowest BCUT2D eigenvalue weighted by Crippen LogP contribution is -2.20. The van der Waals surface area contributed by atoms with Gasteiger partial charge in [0, 0.05) is 25.4 Å². The van der Waals surface area contributed by atoms with Crippen molar-refractivity contribution in [3.8, 4) is 0 Å². The second-order valence-electron chi connectivity index (χ2n) is 4.15. The molecule has 0 aliphatic rings. The third-order valence-corrected chi connectivity index (χ3v) is 2.88. The van der Waals surface area contributed by atoms with E-state index >= 15 is 0 Å². The molecule has 0 atom stereocenters. The Kier molecular flexibility index (Phi) is 3.94. The number of nitrogens with one attached hydrogen (secondary N) is 1. The number of halogens is 1. The normalized spacial score (nSPS) is 10.3. The molecule has 1 aromatic carbocycles. The summed E-state index contributed by atoms with van der Waals surface area (Å²) >= 11 is 0. The summed E-state index contributed by atoms with van der Waals surface area (Å²) in [6.07, 6.45) is 1.73. The van der Waals surface area contributed by atoms with Crippen LogP contribution in [0.25, 0.3) is 0 Å². The summed E-state index contributed by atoms with van der Waals surface area (Å²) in [6.45, 7) is 4.51. The van der Waals surface area contributed by atoms with Crippen LogP contribution >= 0.6 is 0 Å². The van der Waals surface area contributed by atoms with Gasteiger partial charge in [-0.3, -0.25) is 0 Å². The van der Waals surface area contributed by atoms with Crippen LogP contribution in [0.1, 0.15) is 12.5 Å². The first-order chi connectivity index (χ1) is 9.17. The fraction of sp³-hybridized carbons (Fsp3) is 0.286. The van der Waals surface area contributed by atoms with Crippen LogP contribution in [0.4, 0.5) is 21.8 Å². The number of para-hydroxylation sites is 1. The lowest BCUT2D eigenvalue weighted by molar-refractivity contribution is 0.625. The van der Waals surface area contributed by atoms with Crippen molar-refractivity contribution in [3.63, 3.8) is 0 Å². The van der Waals surface area contributed by atoms with E-state index in [0.717, 1.165) is 5.56 Å². The van der Waals surface area contributed by atoms with E-state index in [9.17, 15) is 4.39 Å². The van der Waals surface area contributed by atoms with Crippen LogP contribution in [0.15, 0.2) is 30.5 Å². The van der Waals surface area contributed by atoms with Crippen molar-refractivity contribution < 1.29 is 4.39 Å². The van der Waals surface area contributed by atoms with Crippen molar-refractivity contribution in [1.82, 2.24) is 9.97 Å².